The van der Waals surface area contributed by atoms with Gasteiger partial charge in [0.15, 0.2) is 5.60 Å². The summed E-state index contributed by atoms with van der Waals surface area (Å²) in [6.45, 7) is 6.23. The second-order valence-electron chi connectivity index (χ2n) is 3.75. The largest absolute Gasteiger partial charge is 0.464 e. The summed E-state index contributed by atoms with van der Waals surface area (Å²) in [5, 5.41) is 10.0. The summed E-state index contributed by atoms with van der Waals surface area (Å²) in [5.41, 5.74) is -1.79. The van der Waals surface area contributed by atoms with Crippen molar-refractivity contribution in [3.8, 4) is 0 Å². The van der Waals surface area contributed by atoms with Crippen LogP contribution in [0.25, 0.3) is 0 Å². The Kier molecular flexibility index (Phi) is 6.03. The molecule has 0 fully saturated rings. The van der Waals surface area contributed by atoms with Gasteiger partial charge in [-0.05, 0) is 20.3 Å². The van der Waals surface area contributed by atoms with Crippen LogP contribution in [0.1, 0.15) is 40.5 Å². The molecule has 0 aliphatic carbocycles. The van der Waals surface area contributed by atoms with Crippen LogP contribution in [0.2, 0.25) is 0 Å². The molecule has 0 heterocycles. The van der Waals surface area contributed by atoms with E-state index in [0.717, 1.165) is 0 Å². The zero-order chi connectivity index (χ0) is 12.8. The van der Waals surface area contributed by atoms with Gasteiger partial charge in [0.1, 0.15) is 6.10 Å². The molecule has 2 atom stereocenters. The summed E-state index contributed by atoms with van der Waals surface area (Å²) in [5.74, 6) is -1.29. The van der Waals surface area contributed by atoms with E-state index in [-0.39, 0.29) is 6.61 Å². The van der Waals surface area contributed by atoms with Crippen LogP contribution < -0.4 is 0 Å². The second-order valence-corrected chi connectivity index (χ2v) is 3.75. The van der Waals surface area contributed by atoms with Crippen molar-refractivity contribution in [3.05, 3.63) is 0 Å². The summed E-state index contributed by atoms with van der Waals surface area (Å²) in [6, 6.07) is 0. The fraction of sp³-hybridized carbons (Fsp3) is 0.818. The lowest BCUT2D eigenvalue weighted by Gasteiger charge is -2.29. The van der Waals surface area contributed by atoms with Gasteiger partial charge in [0.05, 0.1) is 6.61 Å². The Hall–Kier alpha value is -1.10. The molecule has 0 amide bonds. The van der Waals surface area contributed by atoms with Gasteiger partial charge in [-0.3, -0.25) is 4.79 Å². The van der Waals surface area contributed by atoms with Crippen LogP contribution in [-0.2, 0) is 19.1 Å². The first-order chi connectivity index (χ1) is 7.36. The molecule has 0 aromatic heterocycles. The van der Waals surface area contributed by atoms with E-state index in [9.17, 15) is 14.7 Å². The van der Waals surface area contributed by atoms with Gasteiger partial charge in [-0.1, -0.05) is 13.3 Å². The van der Waals surface area contributed by atoms with Gasteiger partial charge in [-0.25, -0.2) is 4.79 Å². The molecule has 1 N–H and O–H groups in total. The van der Waals surface area contributed by atoms with Gasteiger partial charge in [-0.15, -0.1) is 0 Å². The maximum Gasteiger partial charge on any atom is 0.341 e. The lowest BCUT2D eigenvalue weighted by atomic mass is 9.95. The minimum Gasteiger partial charge on any atom is -0.464 e. The molecule has 0 radical (unpaired) electrons. The average molecular weight is 232 g/mol. The van der Waals surface area contributed by atoms with Crippen molar-refractivity contribution in [1.82, 2.24) is 0 Å². The van der Waals surface area contributed by atoms with Crippen LogP contribution in [0.15, 0.2) is 0 Å². The number of carbonyl (C=O) groups is 2. The van der Waals surface area contributed by atoms with Gasteiger partial charge in [0, 0.05) is 6.92 Å². The Morgan fingerprint density at radius 2 is 1.94 bits per heavy atom. The van der Waals surface area contributed by atoms with Crippen LogP contribution in [0.3, 0.4) is 0 Å². The third-order valence-electron chi connectivity index (χ3n) is 2.17. The highest BCUT2D eigenvalue weighted by atomic mass is 16.6. The SMILES string of the molecule is CCCC(OC(C)=O)C(C)(O)C(=O)OCC. The van der Waals surface area contributed by atoms with Crippen molar-refractivity contribution >= 4 is 11.9 Å². The predicted octanol–water partition coefficient (Wildman–Crippen LogP) is 1.03. The number of hydrogen-bond donors (Lipinski definition) is 1. The first kappa shape index (κ1) is 14.9. The highest BCUT2D eigenvalue weighted by Gasteiger charge is 2.42. The van der Waals surface area contributed by atoms with E-state index in [1.807, 2.05) is 6.92 Å². The van der Waals surface area contributed by atoms with Crippen molar-refractivity contribution in [2.24, 2.45) is 0 Å². The summed E-state index contributed by atoms with van der Waals surface area (Å²) >= 11 is 0. The van der Waals surface area contributed by atoms with E-state index in [4.69, 9.17) is 9.47 Å². The maximum absolute atomic E-state index is 11.5. The van der Waals surface area contributed by atoms with E-state index < -0.39 is 23.6 Å². The summed E-state index contributed by atoms with van der Waals surface area (Å²) in [7, 11) is 0. The monoisotopic (exact) mass is 232 g/mol. The van der Waals surface area contributed by atoms with E-state index in [1.165, 1.54) is 13.8 Å². The third-order valence-corrected chi connectivity index (χ3v) is 2.17. The van der Waals surface area contributed by atoms with Gasteiger partial charge in [0.25, 0.3) is 0 Å². The molecule has 0 spiro atoms. The third kappa shape index (κ3) is 4.18. The number of carbonyl (C=O) groups excluding carboxylic acids is 2. The molecular weight excluding hydrogens is 212 g/mol. The highest BCUT2D eigenvalue weighted by Crippen LogP contribution is 2.20. The predicted molar refractivity (Wildman–Crippen MR) is 57.7 cm³/mol. The molecule has 5 heteroatoms. The fourth-order valence-corrected chi connectivity index (χ4v) is 1.33. The molecule has 2 unspecified atom stereocenters. The van der Waals surface area contributed by atoms with E-state index in [0.29, 0.717) is 12.8 Å². The van der Waals surface area contributed by atoms with E-state index >= 15 is 0 Å². The van der Waals surface area contributed by atoms with E-state index in [2.05, 4.69) is 0 Å². The first-order valence-corrected chi connectivity index (χ1v) is 5.43. The zero-order valence-electron chi connectivity index (χ0n) is 10.3. The minimum absolute atomic E-state index is 0.175. The molecule has 94 valence electrons. The van der Waals surface area contributed by atoms with Crippen LogP contribution in [0, 0.1) is 0 Å². The number of rotatable bonds is 6. The summed E-state index contributed by atoms with van der Waals surface area (Å²) in [6.07, 6.45) is 0.230. The zero-order valence-corrected chi connectivity index (χ0v) is 10.3. The molecule has 0 aromatic carbocycles. The molecule has 0 aliphatic rings. The molecule has 0 aromatic rings. The number of esters is 2. The topological polar surface area (TPSA) is 72.8 Å². The maximum atomic E-state index is 11.5. The second kappa shape index (κ2) is 6.48. The Morgan fingerprint density at radius 1 is 1.38 bits per heavy atom. The number of hydrogen-bond acceptors (Lipinski definition) is 5. The lowest BCUT2D eigenvalue weighted by molar-refractivity contribution is -0.184. The van der Waals surface area contributed by atoms with Gasteiger partial charge in [0.2, 0.25) is 0 Å². The van der Waals surface area contributed by atoms with Gasteiger partial charge in [-0.2, -0.15) is 0 Å². The van der Waals surface area contributed by atoms with Crippen LogP contribution in [0.5, 0.6) is 0 Å². The van der Waals surface area contributed by atoms with Crippen LogP contribution in [-0.4, -0.2) is 35.4 Å². The molecule has 0 rings (SSSR count). The van der Waals surface area contributed by atoms with Crippen molar-refractivity contribution in [1.29, 1.82) is 0 Å². The lowest BCUT2D eigenvalue weighted by Crippen LogP contribution is -2.49. The summed E-state index contributed by atoms with van der Waals surface area (Å²) in [4.78, 5) is 22.4. The van der Waals surface area contributed by atoms with Crippen molar-refractivity contribution in [2.75, 3.05) is 6.61 Å². The van der Waals surface area contributed by atoms with Crippen molar-refractivity contribution in [2.45, 2.75) is 52.2 Å². The standard InChI is InChI=1S/C11H20O5/c1-5-7-9(16-8(3)12)11(4,14)10(13)15-6-2/h9,14H,5-7H2,1-4H3. The Labute approximate surface area is 95.7 Å². The smallest absolute Gasteiger partial charge is 0.341 e. The van der Waals surface area contributed by atoms with Crippen LogP contribution in [0.4, 0.5) is 0 Å². The normalized spacial score (nSPS) is 16.1. The molecule has 0 saturated carbocycles. The number of ether oxygens (including phenoxy) is 2. The molecular formula is C11H20O5. The Balaban J connectivity index is 4.72. The highest BCUT2D eigenvalue weighted by molar-refractivity contribution is 5.80. The fourth-order valence-electron chi connectivity index (χ4n) is 1.33. The molecule has 5 nitrogen and oxygen atoms in total. The van der Waals surface area contributed by atoms with Crippen molar-refractivity contribution in [3.63, 3.8) is 0 Å². The number of aliphatic hydroxyl groups is 1. The quantitative estimate of drug-likeness (QED) is 0.692. The Morgan fingerprint density at radius 3 is 2.31 bits per heavy atom. The molecule has 0 bridgehead atoms. The van der Waals surface area contributed by atoms with E-state index in [1.54, 1.807) is 6.92 Å². The van der Waals surface area contributed by atoms with Gasteiger partial charge < -0.3 is 14.6 Å². The van der Waals surface area contributed by atoms with Gasteiger partial charge >= 0.3 is 11.9 Å². The Bertz CT molecular complexity index is 247. The van der Waals surface area contributed by atoms with Crippen molar-refractivity contribution < 1.29 is 24.2 Å². The molecule has 16 heavy (non-hydrogen) atoms. The van der Waals surface area contributed by atoms with Crippen LogP contribution >= 0.6 is 0 Å². The average Bonchev–Trinajstić information content (AvgIpc) is 2.16. The molecule has 0 saturated heterocycles. The minimum atomic E-state index is -1.79. The first-order valence-electron chi connectivity index (χ1n) is 5.43. The molecule has 0 aliphatic heterocycles. The summed E-state index contributed by atoms with van der Waals surface area (Å²) < 4.78 is 9.67.